The number of nitrogens with zero attached hydrogens (tertiary/aromatic N) is 3. The highest BCUT2D eigenvalue weighted by molar-refractivity contribution is 6.31. The van der Waals surface area contributed by atoms with E-state index in [4.69, 9.17) is 16.6 Å². The van der Waals surface area contributed by atoms with Crippen LogP contribution in [-0.2, 0) is 4.79 Å². The molecule has 0 aromatic heterocycles. The molecular formula is C18H26ClN3O. The molecule has 2 aliphatic heterocycles. The lowest BCUT2D eigenvalue weighted by Crippen LogP contribution is -2.60. The number of likely N-dealkylation sites (N-methyl/N-ethyl adjacent to an activating group) is 1. The van der Waals surface area contributed by atoms with Gasteiger partial charge < -0.3 is 9.80 Å². The van der Waals surface area contributed by atoms with Crippen molar-refractivity contribution in [2.75, 3.05) is 7.05 Å². The summed E-state index contributed by atoms with van der Waals surface area (Å²) in [4.78, 5) is 21.7. The molecule has 0 radical (unpaired) electrons. The summed E-state index contributed by atoms with van der Waals surface area (Å²) in [6.45, 7) is 4.18. The van der Waals surface area contributed by atoms with Crippen molar-refractivity contribution < 1.29 is 4.79 Å². The molecule has 2 heterocycles. The van der Waals surface area contributed by atoms with Crippen LogP contribution < -0.4 is 0 Å². The van der Waals surface area contributed by atoms with Crippen LogP contribution in [0.4, 0.5) is 0 Å². The van der Waals surface area contributed by atoms with E-state index >= 15 is 0 Å². The number of rotatable bonds is 3. The second-order valence-corrected chi connectivity index (χ2v) is 7.00. The predicted octanol–water partition coefficient (Wildman–Crippen LogP) is 4.03. The van der Waals surface area contributed by atoms with Crippen LogP contribution in [0.1, 0.15) is 58.8 Å². The summed E-state index contributed by atoms with van der Waals surface area (Å²) >= 11 is 6.48. The predicted molar refractivity (Wildman–Crippen MR) is 94.2 cm³/mol. The first-order valence-electron chi connectivity index (χ1n) is 8.81. The van der Waals surface area contributed by atoms with E-state index in [0.29, 0.717) is 11.2 Å². The average Bonchev–Trinajstić information content (AvgIpc) is 3.01. The van der Waals surface area contributed by atoms with Crippen molar-refractivity contribution in [1.29, 1.82) is 0 Å². The molecule has 1 amide bonds. The Balaban J connectivity index is 2.09. The summed E-state index contributed by atoms with van der Waals surface area (Å²) in [7, 11) is 1.86. The standard InChI is InChI=1S/C18H26ClN3O/c1-4-12-10-11-15-17(20-16(12)19)22(13-8-6-7-9-13)14(5-2)18(23)21(15)3/h11,13-14H,4-10H2,1-3H3. The number of hydrogen-bond donors (Lipinski definition) is 0. The molecule has 23 heavy (non-hydrogen) atoms. The molecule has 2 fully saturated rings. The van der Waals surface area contributed by atoms with Gasteiger partial charge in [0.05, 0.1) is 5.70 Å². The van der Waals surface area contributed by atoms with Gasteiger partial charge in [0.1, 0.15) is 11.2 Å². The van der Waals surface area contributed by atoms with Gasteiger partial charge in [-0.2, -0.15) is 0 Å². The van der Waals surface area contributed by atoms with Gasteiger partial charge in [0.15, 0.2) is 5.84 Å². The van der Waals surface area contributed by atoms with Gasteiger partial charge in [-0.1, -0.05) is 44.4 Å². The van der Waals surface area contributed by atoms with Crippen molar-refractivity contribution >= 4 is 23.3 Å². The van der Waals surface area contributed by atoms with Gasteiger partial charge in [-0.25, -0.2) is 4.99 Å². The third kappa shape index (κ3) is 2.82. The molecule has 126 valence electrons. The fourth-order valence-corrected chi connectivity index (χ4v) is 4.27. The zero-order chi connectivity index (χ0) is 16.6. The fourth-order valence-electron chi connectivity index (χ4n) is 3.98. The van der Waals surface area contributed by atoms with Crippen LogP contribution in [0, 0.1) is 0 Å². The maximum Gasteiger partial charge on any atom is 0.249 e. The van der Waals surface area contributed by atoms with Gasteiger partial charge >= 0.3 is 0 Å². The molecule has 0 spiro atoms. The molecule has 3 rings (SSSR count). The quantitative estimate of drug-likeness (QED) is 0.730. The lowest BCUT2D eigenvalue weighted by atomic mass is 10.0. The number of hydrogen-bond acceptors (Lipinski definition) is 3. The molecule has 1 atom stereocenters. The van der Waals surface area contributed by atoms with E-state index in [9.17, 15) is 4.79 Å². The van der Waals surface area contributed by atoms with Crippen molar-refractivity contribution in [2.45, 2.75) is 70.9 Å². The third-order valence-corrected chi connectivity index (χ3v) is 5.71. The average molecular weight is 336 g/mol. The van der Waals surface area contributed by atoms with Crippen molar-refractivity contribution in [3.05, 3.63) is 22.5 Å². The van der Waals surface area contributed by atoms with E-state index in [2.05, 4.69) is 24.8 Å². The number of amidine groups is 1. The van der Waals surface area contributed by atoms with E-state index in [0.717, 1.165) is 49.2 Å². The lowest BCUT2D eigenvalue weighted by Gasteiger charge is -2.45. The molecule has 1 aliphatic carbocycles. The van der Waals surface area contributed by atoms with Crippen molar-refractivity contribution in [3.63, 3.8) is 0 Å². The number of carbonyl (C=O) groups excluding carboxylic acids is 1. The fraction of sp³-hybridized carbons (Fsp3) is 0.667. The molecule has 1 unspecified atom stereocenters. The van der Waals surface area contributed by atoms with Crippen molar-refractivity contribution in [1.82, 2.24) is 9.80 Å². The Morgan fingerprint density at radius 1 is 1.30 bits per heavy atom. The van der Waals surface area contributed by atoms with Crippen LogP contribution >= 0.6 is 11.6 Å². The number of allylic oxidation sites excluding steroid dienone is 2. The van der Waals surface area contributed by atoms with Crippen LogP contribution in [-0.4, -0.2) is 40.7 Å². The van der Waals surface area contributed by atoms with E-state index in [1.807, 2.05) is 7.05 Å². The Bertz CT molecular complexity index is 587. The summed E-state index contributed by atoms with van der Waals surface area (Å²) in [5.74, 6) is 1.08. The minimum Gasteiger partial charge on any atom is -0.340 e. The van der Waals surface area contributed by atoms with E-state index in [-0.39, 0.29) is 11.9 Å². The van der Waals surface area contributed by atoms with E-state index in [1.165, 1.54) is 12.8 Å². The number of halogens is 1. The summed E-state index contributed by atoms with van der Waals surface area (Å²) in [5.41, 5.74) is 2.06. The van der Waals surface area contributed by atoms with Gasteiger partial charge in [0.25, 0.3) is 0 Å². The van der Waals surface area contributed by atoms with Gasteiger partial charge in [0, 0.05) is 13.1 Å². The molecule has 1 saturated carbocycles. The van der Waals surface area contributed by atoms with E-state index < -0.39 is 0 Å². The molecule has 3 aliphatic rings. The molecule has 5 heteroatoms. The largest absolute Gasteiger partial charge is 0.340 e. The highest BCUT2D eigenvalue weighted by atomic mass is 35.5. The first kappa shape index (κ1) is 16.6. The zero-order valence-corrected chi connectivity index (χ0v) is 15.1. The molecule has 0 aromatic carbocycles. The summed E-state index contributed by atoms with van der Waals surface area (Å²) in [5, 5.41) is 0.606. The summed E-state index contributed by atoms with van der Waals surface area (Å²) in [6.07, 6.45) is 9.33. The van der Waals surface area contributed by atoms with Crippen molar-refractivity contribution in [2.24, 2.45) is 4.99 Å². The maximum absolute atomic E-state index is 12.9. The summed E-state index contributed by atoms with van der Waals surface area (Å²) < 4.78 is 0. The van der Waals surface area contributed by atoms with Crippen molar-refractivity contribution in [3.8, 4) is 0 Å². The van der Waals surface area contributed by atoms with E-state index in [1.54, 1.807) is 4.90 Å². The van der Waals surface area contributed by atoms with Gasteiger partial charge in [-0.05, 0) is 37.7 Å². The molecule has 1 saturated heterocycles. The van der Waals surface area contributed by atoms with Gasteiger partial charge in [0.2, 0.25) is 5.91 Å². The number of fused-ring (bicyclic) bond motifs is 1. The Labute approximate surface area is 143 Å². The Hall–Kier alpha value is -1.29. The highest BCUT2D eigenvalue weighted by Crippen LogP contribution is 2.35. The highest BCUT2D eigenvalue weighted by Gasteiger charge is 2.43. The number of aliphatic imine (C=N–C) groups is 1. The first-order chi connectivity index (χ1) is 11.1. The topological polar surface area (TPSA) is 35.9 Å². The molecule has 0 N–H and O–H groups in total. The Kier molecular flexibility index (Phi) is 4.81. The first-order valence-corrected chi connectivity index (χ1v) is 9.18. The lowest BCUT2D eigenvalue weighted by molar-refractivity contribution is -0.134. The monoisotopic (exact) mass is 335 g/mol. The number of carbonyl (C=O) groups is 1. The summed E-state index contributed by atoms with van der Waals surface area (Å²) in [6, 6.07) is 0.291. The zero-order valence-electron chi connectivity index (χ0n) is 14.3. The maximum atomic E-state index is 12.9. The third-order valence-electron chi connectivity index (χ3n) is 5.36. The normalized spacial score (nSPS) is 26.3. The Morgan fingerprint density at radius 2 is 2.00 bits per heavy atom. The molecule has 0 aromatic rings. The van der Waals surface area contributed by atoms with Crippen LogP contribution in [0.5, 0.6) is 0 Å². The van der Waals surface area contributed by atoms with Gasteiger partial charge in [-0.15, -0.1) is 0 Å². The minimum atomic E-state index is -0.119. The second kappa shape index (κ2) is 6.68. The Morgan fingerprint density at radius 3 is 2.61 bits per heavy atom. The SMILES string of the molecule is CCC1=C(Cl)N=C2C(=CC1)N(C)C(=O)C(CC)N2C1CCCC1. The van der Waals surface area contributed by atoms with Crippen LogP contribution in [0.2, 0.25) is 0 Å². The van der Waals surface area contributed by atoms with Crippen LogP contribution in [0.3, 0.4) is 0 Å². The molecular weight excluding hydrogens is 310 g/mol. The molecule has 4 nitrogen and oxygen atoms in total. The van der Waals surface area contributed by atoms with Crippen LogP contribution in [0.25, 0.3) is 0 Å². The second-order valence-electron chi connectivity index (χ2n) is 6.64. The molecule has 0 bridgehead atoms. The van der Waals surface area contributed by atoms with Crippen LogP contribution in [0.15, 0.2) is 27.5 Å². The smallest absolute Gasteiger partial charge is 0.249 e. The van der Waals surface area contributed by atoms with Gasteiger partial charge in [-0.3, -0.25) is 4.79 Å². The minimum absolute atomic E-state index is 0.119. The number of amides is 1. The number of piperazine rings is 1.